The Bertz CT molecular complexity index is 811. The Morgan fingerprint density at radius 2 is 1.96 bits per heavy atom. The van der Waals surface area contributed by atoms with Crippen molar-refractivity contribution in [1.82, 2.24) is 10.6 Å². The Hall–Kier alpha value is -1.15. The van der Waals surface area contributed by atoms with Gasteiger partial charge in [-0.2, -0.15) is 0 Å². The van der Waals surface area contributed by atoms with Crippen molar-refractivity contribution < 1.29 is 4.21 Å². The second-order valence-electron chi connectivity index (χ2n) is 7.23. The molecule has 2 N–H and O–H groups in total. The van der Waals surface area contributed by atoms with E-state index in [1.54, 1.807) is 0 Å². The largest absolute Gasteiger partial charge is 0.356 e. The van der Waals surface area contributed by atoms with Crippen molar-refractivity contribution in [3.63, 3.8) is 0 Å². The first-order chi connectivity index (χ1) is 13.2. The maximum atomic E-state index is 12.1. The topological polar surface area (TPSA) is 53.5 Å². The van der Waals surface area contributed by atoms with Crippen LogP contribution in [0.15, 0.2) is 47.5 Å². The van der Waals surface area contributed by atoms with Crippen LogP contribution in [0.3, 0.4) is 0 Å². The molecular weight excluding hydrogens is 481 g/mol. The van der Waals surface area contributed by atoms with Crippen LogP contribution in [0, 0.1) is 0 Å². The average molecular weight is 513 g/mol. The predicted octanol–water partition coefficient (Wildman–Crippen LogP) is 4.25. The molecule has 4 nitrogen and oxygen atoms in total. The molecule has 0 saturated heterocycles. The van der Waals surface area contributed by atoms with Crippen LogP contribution in [0.5, 0.6) is 0 Å². The quantitative estimate of drug-likeness (QED) is 0.345. The number of benzene rings is 2. The standard InChI is InChI=1S/C22H31N3OS.HI/c1-3-27(26)21-10-6-9-20(16-21)25-22(23-2)24-14-13-17-11-12-18-7-4-5-8-19(18)15-17;/h4-5,7-8,11-12,15,20-21H,3,6,9-10,13-14,16H2,1-2H3,(H2,23,24,25);1H. The molecule has 0 aliphatic heterocycles. The van der Waals surface area contributed by atoms with Gasteiger partial charge in [0.15, 0.2) is 5.96 Å². The van der Waals surface area contributed by atoms with E-state index in [9.17, 15) is 4.21 Å². The summed E-state index contributed by atoms with van der Waals surface area (Å²) < 4.78 is 12.1. The second kappa shape index (κ2) is 11.8. The van der Waals surface area contributed by atoms with E-state index < -0.39 is 10.8 Å². The number of nitrogens with one attached hydrogen (secondary N) is 2. The highest BCUT2D eigenvalue weighted by atomic mass is 127. The van der Waals surface area contributed by atoms with E-state index in [-0.39, 0.29) is 24.0 Å². The summed E-state index contributed by atoms with van der Waals surface area (Å²) in [7, 11) is 1.12. The highest BCUT2D eigenvalue weighted by Crippen LogP contribution is 2.23. The molecule has 1 aliphatic carbocycles. The fraction of sp³-hybridized carbons (Fsp3) is 0.500. The molecule has 3 rings (SSSR count). The Labute approximate surface area is 188 Å². The van der Waals surface area contributed by atoms with E-state index in [0.717, 1.165) is 50.4 Å². The van der Waals surface area contributed by atoms with E-state index in [2.05, 4.69) is 58.1 Å². The van der Waals surface area contributed by atoms with Gasteiger partial charge in [-0.05, 0) is 42.0 Å². The third kappa shape index (κ3) is 6.44. The summed E-state index contributed by atoms with van der Waals surface area (Å²) in [6.07, 6.45) is 5.29. The first kappa shape index (κ1) is 23.1. The molecule has 1 aliphatic rings. The molecule has 2 aromatic carbocycles. The number of aliphatic imine (C=N–C) groups is 1. The summed E-state index contributed by atoms with van der Waals surface area (Å²) >= 11 is 0. The number of guanidine groups is 1. The van der Waals surface area contributed by atoms with Crippen molar-refractivity contribution >= 4 is 51.5 Å². The lowest BCUT2D eigenvalue weighted by atomic mass is 9.95. The summed E-state index contributed by atoms with van der Waals surface area (Å²) in [5, 5.41) is 9.87. The van der Waals surface area contributed by atoms with Crippen LogP contribution in [0.4, 0.5) is 0 Å². The molecule has 2 aromatic rings. The number of rotatable bonds is 6. The van der Waals surface area contributed by atoms with Gasteiger partial charge in [0.05, 0.1) is 0 Å². The summed E-state index contributed by atoms with van der Waals surface area (Å²) in [5.74, 6) is 1.61. The zero-order valence-corrected chi connectivity index (χ0v) is 20.0. The van der Waals surface area contributed by atoms with Crippen molar-refractivity contribution in [3.05, 3.63) is 48.0 Å². The SMILES string of the molecule is CCS(=O)C1CCCC(NC(=NC)NCCc2ccc3ccccc3c2)C1.I. The molecule has 0 heterocycles. The van der Waals surface area contributed by atoms with Gasteiger partial charge in [0.2, 0.25) is 0 Å². The molecule has 1 fully saturated rings. The van der Waals surface area contributed by atoms with Gasteiger partial charge in [0.1, 0.15) is 0 Å². The van der Waals surface area contributed by atoms with Gasteiger partial charge in [0, 0.05) is 41.4 Å². The minimum Gasteiger partial charge on any atom is -0.356 e. The summed E-state index contributed by atoms with van der Waals surface area (Å²) in [6.45, 7) is 2.86. The Kier molecular flexibility index (Phi) is 9.71. The molecule has 28 heavy (non-hydrogen) atoms. The third-order valence-corrected chi connectivity index (χ3v) is 7.11. The molecular formula is C22H32IN3OS. The van der Waals surface area contributed by atoms with Gasteiger partial charge in [0.25, 0.3) is 0 Å². The number of halogens is 1. The molecule has 154 valence electrons. The lowest BCUT2D eigenvalue weighted by Crippen LogP contribution is -2.47. The van der Waals surface area contributed by atoms with Crippen LogP contribution in [0.25, 0.3) is 10.8 Å². The Morgan fingerprint density at radius 3 is 2.71 bits per heavy atom. The third-order valence-electron chi connectivity index (χ3n) is 5.37. The Balaban J connectivity index is 0.00000280. The Morgan fingerprint density at radius 1 is 1.18 bits per heavy atom. The van der Waals surface area contributed by atoms with Gasteiger partial charge < -0.3 is 10.6 Å². The van der Waals surface area contributed by atoms with Crippen LogP contribution in [0.1, 0.15) is 38.2 Å². The van der Waals surface area contributed by atoms with E-state index in [0.29, 0.717) is 11.3 Å². The van der Waals surface area contributed by atoms with Gasteiger partial charge in [-0.3, -0.25) is 9.20 Å². The van der Waals surface area contributed by atoms with Crippen LogP contribution in [-0.2, 0) is 17.2 Å². The molecule has 3 unspecified atom stereocenters. The monoisotopic (exact) mass is 513 g/mol. The van der Waals surface area contributed by atoms with Crippen molar-refractivity contribution in [2.75, 3.05) is 19.3 Å². The molecule has 6 heteroatoms. The maximum absolute atomic E-state index is 12.1. The predicted molar refractivity (Wildman–Crippen MR) is 132 cm³/mol. The highest BCUT2D eigenvalue weighted by molar-refractivity contribution is 14.0. The fourth-order valence-corrected chi connectivity index (χ4v) is 5.21. The van der Waals surface area contributed by atoms with Gasteiger partial charge in [-0.25, -0.2) is 0 Å². The summed E-state index contributed by atoms with van der Waals surface area (Å²) in [4.78, 5) is 4.37. The molecule has 0 bridgehead atoms. The van der Waals surface area contributed by atoms with E-state index >= 15 is 0 Å². The van der Waals surface area contributed by atoms with Crippen LogP contribution < -0.4 is 10.6 Å². The summed E-state index contributed by atoms with van der Waals surface area (Å²) in [5.41, 5.74) is 1.33. The lowest BCUT2D eigenvalue weighted by Gasteiger charge is -2.30. The minimum absolute atomic E-state index is 0. The van der Waals surface area contributed by atoms with Gasteiger partial charge >= 0.3 is 0 Å². The first-order valence-corrected chi connectivity index (χ1v) is 11.4. The minimum atomic E-state index is -0.693. The number of hydrogen-bond donors (Lipinski definition) is 2. The molecule has 0 amide bonds. The van der Waals surface area contributed by atoms with E-state index in [4.69, 9.17) is 0 Å². The van der Waals surface area contributed by atoms with Crippen LogP contribution in [-0.4, -0.2) is 40.8 Å². The van der Waals surface area contributed by atoms with E-state index in [1.165, 1.54) is 16.3 Å². The second-order valence-corrected chi connectivity index (χ2v) is 9.24. The van der Waals surface area contributed by atoms with E-state index in [1.807, 2.05) is 14.0 Å². The van der Waals surface area contributed by atoms with Crippen LogP contribution in [0.2, 0.25) is 0 Å². The van der Waals surface area contributed by atoms with Gasteiger partial charge in [-0.1, -0.05) is 55.8 Å². The normalized spacial score (nSPS) is 21.0. The maximum Gasteiger partial charge on any atom is 0.191 e. The fourth-order valence-electron chi connectivity index (χ4n) is 3.86. The average Bonchev–Trinajstić information content (AvgIpc) is 2.72. The smallest absolute Gasteiger partial charge is 0.191 e. The molecule has 3 atom stereocenters. The first-order valence-electron chi connectivity index (χ1n) is 10.0. The van der Waals surface area contributed by atoms with Crippen molar-refractivity contribution in [1.29, 1.82) is 0 Å². The summed E-state index contributed by atoms with van der Waals surface area (Å²) in [6, 6.07) is 15.5. The van der Waals surface area contributed by atoms with Gasteiger partial charge in [-0.15, -0.1) is 24.0 Å². The van der Waals surface area contributed by atoms with Crippen molar-refractivity contribution in [3.8, 4) is 0 Å². The zero-order valence-electron chi connectivity index (χ0n) is 16.8. The van der Waals surface area contributed by atoms with Crippen molar-refractivity contribution in [2.45, 2.75) is 50.3 Å². The lowest BCUT2D eigenvalue weighted by molar-refractivity contribution is 0.413. The molecule has 0 radical (unpaired) electrons. The molecule has 0 aromatic heterocycles. The zero-order chi connectivity index (χ0) is 19.1. The highest BCUT2D eigenvalue weighted by Gasteiger charge is 2.25. The number of hydrogen-bond acceptors (Lipinski definition) is 2. The van der Waals surface area contributed by atoms with Crippen molar-refractivity contribution in [2.24, 2.45) is 4.99 Å². The molecule has 0 spiro atoms. The van der Waals surface area contributed by atoms with Crippen LogP contribution >= 0.6 is 24.0 Å². The molecule has 1 saturated carbocycles. The number of nitrogens with zero attached hydrogens (tertiary/aromatic N) is 1. The number of fused-ring (bicyclic) bond motifs is 1.